The van der Waals surface area contributed by atoms with Crippen LogP contribution < -0.4 is 10.6 Å². The fraction of sp³-hybridized carbons (Fsp3) is 0.200. The number of nitrogens with zero attached hydrogens (tertiary/aromatic N) is 3. The van der Waals surface area contributed by atoms with Crippen LogP contribution >= 0.6 is 11.8 Å². The minimum atomic E-state index is -0.170. The lowest BCUT2D eigenvalue weighted by atomic mass is 10.3. The first-order valence-electron chi connectivity index (χ1n) is 4.78. The Morgan fingerprint density at radius 3 is 2.29 bits per heavy atom. The van der Waals surface area contributed by atoms with E-state index in [4.69, 9.17) is 16.6 Å². The molecule has 0 spiro atoms. The fourth-order valence-electron chi connectivity index (χ4n) is 1.05. The maximum Gasteiger partial charge on any atom is 0.209 e. The Bertz CT molecular complexity index is 437. The highest BCUT2D eigenvalue weighted by atomic mass is 32.2. The van der Waals surface area contributed by atoms with Crippen molar-refractivity contribution in [1.82, 2.24) is 0 Å². The van der Waals surface area contributed by atoms with E-state index in [0.717, 1.165) is 17.4 Å². The largest absolute Gasteiger partial charge is 0.378 e. The minimum Gasteiger partial charge on any atom is -0.378 e. The average Bonchev–Trinajstić information content (AvgIpc) is 2.26. The maximum absolute atomic E-state index is 7.35. The van der Waals surface area contributed by atoms with Crippen molar-refractivity contribution in [3.05, 3.63) is 24.3 Å². The van der Waals surface area contributed by atoms with Gasteiger partial charge in [0.1, 0.15) is 0 Å². The van der Waals surface area contributed by atoms with Crippen molar-refractivity contribution in [3.63, 3.8) is 0 Å². The minimum absolute atomic E-state index is 0.103. The summed E-state index contributed by atoms with van der Waals surface area (Å²) in [6.07, 6.45) is 0. The third kappa shape index (κ3) is 4.64. The van der Waals surface area contributed by atoms with Crippen LogP contribution in [0.4, 0.5) is 11.4 Å². The van der Waals surface area contributed by atoms with Gasteiger partial charge in [0.2, 0.25) is 5.17 Å². The molecule has 0 aliphatic heterocycles. The summed E-state index contributed by atoms with van der Waals surface area (Å²) in [4.78, 5) is 1.98. The number of nitrogens with one attached hydrogen (secondary N) is 2. The van der Waals surface area contributed by atoms with E-state index in [2.05, 4.69) is 10.2 Å². The number of amidine groups is 2. The average molecular weight is 250 g/mol. The van der Waals surface area contributed by atoms with E-state index in [1.165, 1.54) is 0 Å². The number of hydrogen-bond donors (Lipinski definition) is 3. The van der Waals surface area contributed by atoms with Crippen LogP contribution in [-0.4, -0.2) is 24.4 Å². The maximum atomic E-state index is 7.35. The molecule has 0 aliphatic rings. The number of thioether (sulfide) groups is 1. The van der Waals surface area contributed by atoms with Crippen molar-refractivity contribution in [1.29, 1.82) is 10.8 Å². The van der Waals surface area contributed by atoms with E-state index in [0.29, 0.717) is 5.69 Å². The Morgan fingerprint density at radius 2 is 1.82 bits per heavy atom. The Balaban J connectivity index is 2.66. The summed E-state index contributed by atoms with van der Waals surface area (Å²) in [5.74, 6) is 0. The van der Waals surface area contributed by atoms with Crippen LogP contribution in [0.2, 0.25) is 0 Å². The van der Waals surface area contributed by atoms with Crippen LogP contribution in [0, 0.1) is 10.8 Å². The van der Waals surface area contributed by atoms with Gasteiger partial charge in [0.15, 0.2) is 5.17 Å². The summed E-state index contributed by atoms with van der Waals surface area (Å²) in [5.41, 5.74) is 6.84. The highest BCUT2D eigenvalue weighted by Gasteiger charge is 1.98. The normalized spacial score (nSPS) is 10.5. The molecule has 0 heterocycles. The fourth-order valence-corrected chi connectivity index (χ4v) is 1.34. The van der Waals surface area contributed by atoms with Gasteiger partial charge in [0.05, 0.1) is 5.69 Å². The van der Waals surface area contributed by atoms with Crippen LogP contribution in [-0.2, 0) is 0 Å². The van der Waals surface area contributed by atoms with Crippen molar-refractivity contribution in [2.45, 2.75) is 0 Å². The molecule has 4 N–H and O–H groups in total. The van der Waals surface area contributed by atoms with Crippen molar-refractivity contribution >= 4 is 33.5 Å². The highest BCUT2D eigenvalue weighted by Crippen LogP contribution is 2.18. The lowest BCUT2D eigenvalue weighted by Gasteiger charge is -2.11. The van der Waals surface area contributed by atoms with Gasteiger partial charge in [-0.2, -0.15) is 0 Å². The molecule has 0 radical (unpaired) electrons. The Labute approximate surface area is 104 Å². The Morgan fingerprint density at radius 1 is 1.24 bits per heavy atom. The van der Waals surface area contributed by atoms with Crippen LogP contribution in [0.15, 0.2) is 34.5 Å². The molecule has 7 heteroatoms. The number of anilines is 1. The molecular weight excluding hydrogens is 236 g/mol. The summed E-state index contributed by atoms with van der Waals surface area (Å²) >= 11 is 0.757. The van der Waals surface area contributed by atoms with E-state index in [-0.39, 0.29) is 10.3 Å². The second-order valence-corrected chi connectivity index (χ2v) is 4.41. The molecule has 90 valence electrons. The van der Waals surface area contributed by atoms with Crippen molar-refractivity contribution < 1.29 is 0 Å². The summed E-state index contributed by atoms with van der Waals surface area (Å²) in [5, 5.41) is 21.6. The quantitative estimate of drug-likeness (QED) is 0.426. The number of benzene rings is 1. The van der Waals surface area contributed by atoms with Gasteiger partial charge in [-0.15, -0.1) is 10.2 Å². The molecule has 1 aromatic carbocycles. The molecule has 0 saturated heterocycles. The van der Waals surface area contributed by atoms with Gasteiger partial charge in [0.25, 0.3) is 0 Å². The van der Waals surface area contributed by atoms with Gasteiger partial charge in [-0.05, 0) is 36.0 Å². The molecule has 0 aromatic heterocycles. The third-order valence-corrected chi connectivity index (χ3v) is 2.32. The summed E-state index contributed by atoms with van der Waals surface area (Å²) < 4.78 is 0. The molecule has 17 heavy (non-hydrogen) atoms. The van der Waals surface area contributed by atoms with Crippen molar-refractivity contribution in [3.8, 4) is 0 Å². The SMILES string of the molecule is CN(C)c1ccc(N=NC(=N)SC(=N)N)cc1. The molecule has 6 nitrogen and oxygen atoms in total. The van der Waals surface area contributed by atoms with Crippen molar-refractivity contribution in [2.24, 2.45) is 16.0 Å². The molecule has 0 saturated carbocycles. The smallest absolute Gasteiger partial charge is 0.209 e. The van der Waals surface area contributed by atoms with E-state index in [1.54, 1.807) is 0 Å². The first-order chi connectivity index (χ1) is 7.99. The summed E-state index contributed by atoms with van der Waals surface area (Å²) in [6.45, 7) is 0. The predicted octanol–water partition coefficient (Wildman–Crippen LogP) is 2.40. The molecule has 0 fully saturated rings. The molecule has 0 atom stereocenters. The van der Waals surface area contributed by atoms with E-state index in [1.807, 2.05) is 43.3 Å². The van der Waals surface area contributed by atoms with Crippen LogP contribution in [0.5, 0.6) is 0 Å². The third-order valence-electron chi connectivity index (χ3n) is 1.83. The molecule has 0 bridgehead atoms. The molecule has 0 aliphatic carbocycles. The number of azo groups is 1. The van der Waals surface area contributed by atoms with Crippen LogP contribution in [0.25, 0.3) is 0 Å². The predicted molar refractivity (Wildman–Crippen MR) is 72.5 cm³/mol. The van der Waals surface area contributed by atoms with Gasteiger partial charge in [-0.1, -0.05) is 0 Å². The van der Waals surface area contributed by atoms with Gasteiger partial charge in [-0.25, -0.2) is 0 Å². The van der Waals surface area contributed by atoms with E-state index in [9.17, 15) is 0 Å². The Kier molecular flexibility index (Phi) is 4.65. The molecule has 1 aromatic rings. The topological polar surface area (TPSA) is 102 Å². The summed E-state index contributed by atoms with van der Waals surface area (Å²) in [6, 6.07) is 7.45. The van der Waals surface area contributed by atoms with Gasteiger partial charge in [-0.3, -0.25) is 10.8 Å². The van der Waals surface area contributed by atoms with Crippen molar-refractivity contribution in [2.75, 3.05) is 19.0 Å². The van der Waals surface area contributed by atoms with Gasteiger partial charge >= 0.3 is 0 Å². The van der Waals surface area contributed by atoms with E-state index < -0.39 is 0 Å². The lowest BCUT2D eigenvalue weighted by Crippen LogP contribution is -2.07. The van der Waals surface area contributed by atoms with Crippen LogP contribution in [0.3, 0.4) is 0 Å². The monoisotopic (exact) mass is 250 g/mol. The second kappa shape index (κ2) is 6.00. The zero-order chi connectivity index (χ0) is 12.8. The zero-order valence-corrected chi connectivity index (χ0v) is 10.5. The molecule has 0 unspecified atom stereocenters. The molecule has 1 rings (SSSR count). The van der Waals surface area contributed by atoms with Crippen LogP contribution in [0.1, 0.15) is 0 Å². The highest BCUT2D eigenvalue weighted by molar-refractivity contribution is 8.26. The number of rotatable bonds is 2. The van der Waals surface area contributed by atoms with Gasteiger partial charge < -0.3 is 10.6 Å². The molecule has 0 amide bonds. The lowest BCUT2D eigenvalue weighted by molar-refractivity contribution is 1.13. The molecular formula is C10H14N6S. The zero-order valence-electron chi connectivity index (χ0n) is 9.64. The standard InChI is InChI=1S/C10H14N6S/c1-16(2)8-5-3-7(4-6-8)14-15-10(13)17-9(11)12/h3-6,13H,1-2H3,(H3,11,12). The second-order valence-electron chi connectivity index (χ2n) is 3.38. The summed E-state index contributed by atoms with van der Waals surface area (Å²) in [7, 11) is 3.91. The van der Waals surface area contributed by atoms with Gasteiger partial charge in [0, 0.05) is 19.8 Å². The Hall–Kier alpha value is -1.89. The number of hydrogen-bond acceptors (Lipinski definition) is 5. The van der Waals surface area contributed by atoms with E-state index >= 15 is 0 Å². The number of nitrogens with two attached hydrogens (primary N) is 1. The first kappa shape index (κ1) is 13.2. The first-order valence-corrected chi connectivity index (χ1v) is 5.60.